The number of fused-ring (bicyclic) bond motifs is 1. The van der Waals surface area contributed by atoms with E-state index in [0.29, 0.717) is 12.3 Å². The molecule has 1 aliphatic heterocycles. The summed E-state index contributed by atoms with van der Waals surface area (Å²) in [6.45, 7) is 8.85. The van der Waals surface area contributed by atoms with Crippen molar-refractivity contribution in [2.45, 2.75) is 39.7 Å². The molecule has 5 heteroatoms. The average Bonchev–Trinajstić information content (AvgIpc) is 3.39. The summed E-state index contributed by atoms with van der Waals surface area (Å²) in [6, 6.07) is 8.16. The minimum absolute atomic E-state index is 0.139. The topological polar surface area (TPSA) is 59.8 Å². The van der Waals surface area contributed by atoms with Gasteiger partial charge in [0.25, 0.3) is 5.91 Å². The standard InChI is InChI=1S/C22H26N2O3/c1-14-11-17-16(3)21(27-20(17)12-15(14)2)22(25)23-13-18(19-7-6-10-26-19)24-8-4-5-9-24/h6-7,10-12,18H,4-5,8-9,13H2,1-3H3,(H,23,25)/p+1/t18-/m1/s1. The number of amides is 1. The third-order valence-electron chi connectivity index (χ3n) is 5.85. The van der Waals surface area contributed by atoms with E-state index in [4.69, 9.17) is 8.83 Å². The van der Waals surface area contributed by atoms with E-state index >= 15 is 0 Å². The van der Waals surface area contributed by atoms with Crippen LogP contribution in [-0.4, -0.2) is 25.5 Å². The number of rotatable bonds is 5. The van der Waals surface area contributed by atoms with Gasteiger partial charge in [0.1, 0.15) is 5.58 Å². The molecule has 4 rings (SSSR count). The predicted molar refractivity (Wildman–Crippen MR) is 104 cm³/mol. The van der Waals surface area contributed by atoms with Crippen LogP contribution in [0.3, 0.4) is 0 Å². The van der Waals surface area contributed by atoms with Gasteiger partial charge in [-0.15, -0.1) is 0 Å². The number of furan rings is 2. The molecule has 27 heavy (non-hydrogen) atoms. The summed E-state index contributed by atoms with van der Waals surface area (Å²) in [5.41, 5.74) is 4.04. The van der Waals surface area contributed by atoms with Crippen molar-refractivity contribution in [1.82, 2.24) is 5.32 Å². The lowest BCUT2D eigenvalue weighted by Crippen LogP contribution is -3.11. The van der Waals surface area contributed by atoms with Crippen molar-refractivity contribution in [3.63, 3.8) is 0 Å². The van der Waals surface area contributed by atoms with Gasteiger partial charge in [-0.2, -0.15) is 0 Å². The SMILES string of the molecule is Cc1cc2oc(C(=O)NC[C@H](c3ccco3)[NH+]3CCCC3)c(C)c2cc1C. The van der Waals surface area contributed by atoms with E-state index < -0.39 is 0 Å². The third kappa shape index (κ3) is 3.39. The molecule has 0 radical (unpaired) electrons. The van der Waals surface area contributed by atoms with Crippen LogP contribution in [0.5, 0.6) is 0 Å². The maximum atomic E-state index is 12.8. The molecule has 2 aromatic heterocycles. The largest absolute Gasteiger partial charge is 0.463 e. The maximum Gasteiger partial charge on any atom is 0.287 e. The van der Waals surface area contributed by atoms with Gasteiger partial charge < -0.3 is 19.1 Å². The zero-order valence-corrected chi connectivity index (χ0v) is 16.2. The molecule has 0 spiro atoms. The average molecular weight is 367 g/mol. The van der Waals surface area contributed by atoms with Crippen molar-refractivity contribution >= 4 is 16.9 Å². The summed E-state index contributed by atoms with van der Waals surface area (Å²) >= 11 is 0. The Kier molecular flexibility index (Phi) is 4.79. The highest BCUT2D eigenvalue weighted by Gasteiger charge is 2.30. The second-order valence-corrected chi connectivity index (χ2v) is 7.63. The van der Waals surface area contributed by atoms with Crippen LogP contribution in [-0.2, 0) is 0 Å². The van der Waals surface area contributed by atoms with E-state index in [1.54, 1.807) is 6.26 Å². The molecule has 3 heterocycles. The highest BCUT2D eigenvalue weighted by atomic mass is 16.3. The molecule has 0 bridgehead atoms. The van der Waals surface area contributed by atoms with E-state index in [1.807, 2.05) is 25.1 Å². The molecule has 0 aliphatic carbocycles. The number of aryl methyl sites for hydroxylation is 3. The highest BCUT2D eigenvalue weighted by molar-refractivity contribution is 5.99. The number of carbonyl (C=O) groups excluding carboxylic acids is 1. The Hall–Kier alpha value is -2.53. The molecule has 1 aromatic carbocycles. The van der Waals surface area contributed by atoms with E-state index in [2.05, 4.69) is 25.2 Å². The lowest BCUT2D eigenvalue weighted by Gasteiger charge is -2.23. The fourth-order valence-corrected chi connectivity index (χ4v) is 4.08. The predicted octanol–water partition coefficient (Wildman–Crippen LogP) is 3.10. The third-order valence-corrected chi connectivity index (χ3v) is 5.85. The smallest absolute Gasteiger partial charge is 0.287 e. The van der Waals surface area contributed by atoms with Crippen LogP contribution in [0.2, 0.25) is 0 Å². The lowest BCUT2D eigenvalue weighted by molar-refractivity contribution is -0.919. The maximum absolute atomic E-state index is 12.8. The number of hydrogen-bond donors (Lipinski definition) is 2. The van der Waals surface area contributed by atoms with Gasteiger partial charge in [-0.25, -0.2) is 0 Å². The highest BCUT2D eigenvalue weighted by Crippen LogP contribution is 2.28. The van der Waals surface area contributed by atoms with E-state index in [-0.39, 0.29) is 11.9 Å². The van der Waals surface area contributed by atoms with Crippen LogP contribution in [0, 0.1) is 20.8 Å². The molecule has 142 valence electrons. The van der Waals surface area contributed by atoms with Gasteiger partial charge in [0.2, 0.25) is 0 Å². The van der Waals surface area contributed by atoms with Gasteiger partial charge in [0, 0.05) is 23.8 Å². The van der Waals surface area contributed by atoms with Crippen molar-refractivity contribution in [3.8, 4) is 0 Å². The summed E-state index contributed by atoms with van der Waals surface area (Å²) < 4.78 is 11.6. The summed E-state index contributed by atoms with van der Waals surface area (Å²) in [7, 11) is 0. The van der Waals surface area contributed by atoms with Crippen molar-refractivity contribution in [1.29, 1.82) is 0 Å². The first kappa shape index (κ1) is 17.9. The van der Waals surface area contributed by atoms with Crippen molar-refractivity contribution in [2.24, 2.45) is 0 Å². The summed E-state index contributed by atoms with van der Waals surface area (Å²) in [6.07, 6.45) is 4.15. The van der Waals surface area contributed by atoms with Crippen LogP contribution in [0.15, 0.2) is 39.4 Å². The van der Waals surface area contributed by atoms with Gasteiger partial charge in [-0.1, -0.05) is 0 Å². The summed E-state index contributed by atoms with van der Waals surface area (Å²) in [5, 5.41) is 4.09. The molecular formula is C22H27N2O3+. The van der Waals surface area contributed by atoms with Crippen molar-refractivity contribution in [2.75, 3.05) is 19.6 Å². The van der Waals surface area contributed by atoms with Crippen molar-refractivity contribution < 1.29 is 18.5 Å². The molecule has 1 fully saturated rings. The molecular weight excluding hydrogens is 340 g/mol. The molecule has 1 aliphatic rings. The normalized spacial score (nSPS) is 16.1. The van der Waals surface area contributed by atoms with Crippen LogP contribution in [0.1, 0.15) is 51.9 Å². The Morgan fingerprint density at radius 3 is 2.63 bits per heavy atom. The number of quaternary nitrogens is 1. The van der Waals surface area contributed by atoms with Gasteiger partial charge in [0.15, 0.2) is 17.6 Å². The molecule has 0 saturated carbocycles. The number of likely N-dealkylation sites (tertiary alicyclic amines) is 1. The Balaban J connectivity index is 1.54. The monoisotopic (exact) mass is 367 g/mol. The van der Waals surface area contributed by atoms with Gasteiger partial charge in [0.05, 0.1) is 25.9 Å². The van der Waals surface area contributed by atoms with Crippen LogP contribution >= 0.6 is 0 Å². The Morgan fingerprint density at radius 1 is 1.19 bits per heavy atom. The minimum atomic E-state index is -0.158. The van der Waals surface area contributed by atoms with Gasteiger partial charge in [-0.05, 0) is 56.2 Å². The Bertz CT molecular complexity index is 950. The molecule has 1 atom stereocenters. The molecule has 1 saturated heterocycles. The number of benzene rings is 1. The molecule has 0 unspecified atom stereocenters. The van der Waals surface area contributed by atoms with Gasteiger partial charge >= 0.3 is 0 Å². The Morgan fingerprint density at radius 2 is 1.93 bits per heavy atom. The number of nitrogens with one attached hydrogen (secondary N) is 2. The van der Waals surface area contributed by atoms with Gasteiger partial charge in [-0.3, -0.25) is 4.79 Å². The quantitative estimate of drug-likeness (QED) is 0.728. The second kappa shape index (κ2) is 7.24. The van der Waals surface area contributed by atoms with E-state index in [1.165, 1.54) is 28.9 Å². The number of carbonyl (C=O) groups is 1. The fourth-order valence-electron chi connectivity index (χ4n) is 4.08. The fraction of sp³-hybridized carbons (Fsp3) is 0.409. The zero-order valence-electron chi connectivity index (χ0n) is 16.2. The van der Waals surface area contributed by atoms with Crippen LogP contribution < -0.4 is 10.2 Å². The lowest BCUT2D eigenvalue weighted by atomic mass is 10.0. The number of hydrogen-bond acceptors (Lipinski definition) is 3. The molecule has 5 nitrogen and oxygen atoms in total. The first-order chi connectivity index (χ1) is 13.0. The first-order valence-corrected chi connectivity index (χ1v) is 9.71. The minimum Gasteiger partial charge on any atom is -0.463 e. The summed E-state index contributed by atoms with van der Waals surface area (Å²) in [5.74, 6) is 1.18. The summed E-state index contributed by atoms with van der Waals surface area (Å²) in [4.78, 5) is 14.3. The van der Waals surface area contributed by atoms with Crippen LogP contribution in [0.4, 0.5) is 0 Å². The zero-order chi connectivity index (χ0) is 19.0. The first-order valence-electron chi connectivity index (χ1n) is 9.71. The van der Waals surface area contributed by atoms with E-state index in [0.717, 1.165) is 35.4 Å². The van der Waals surface area contributed by atoms with Crippen molar-refractivity contribution in [3.05, 3.63) is 58.7 Å². The Labute approximate surface area is 159 Å². The molecule has 2 N–H and O–H groups in total. The second-order valence-electron chi connectivity index (χ2n) is 7.63. The molecule has 1 amide bonds. The molecule has 3 aromatic rings. The van der Waals surface area contributed by atoms with Crippen LogP contribution in [0.25, 0.3) is 11.0 Å². The van der Waals surface area contributed by atoms with E-state index in [9.17, 15) is 4.79 Å².